The first kappa shape index (κ1) is 11.6. The fraction of sp³-hybridized carbons (Fsp3) is 0.333. The maximum atomic E-state index is 9.14. The van der Waals surface area contributed by atoms with E-state index in [2.05, 4.69) is 15.6 Å². The molecule has 0 atom stereocenters. The van der Waals surface area contributed by atoms with Crippen LogP contribution in [0.3, 0.4) is 0 Å². The summed E-state index contributed by atoms with van der Waals surface area (Å²) >= 11 is 0. The number of nitrogens with zero attached hydrogens (tertiary/aromatic N) is 3. The predicted molar refractivity (Wildman–Crippen MR) is 64.5 cm³/mol. The van der Waals surface area contributed by atoms with E-state index in [0.717, 1.165) is 26.1 Å². The molecule has 2 rings (SSSR count). The smallest absolute Gasteiger partial charge is 0.115 e. The molecule has 2 aromatic rings. The number of hydrogen-bond acceptors (Lipinski definition) is 4. The van der Waals surface area contributed by atoms with E-state index in [1.165, 1.54) is 5.56 Å². The van der Waals surface area contributed by atoms with Gasteiger partial charge >= 0.3 is 0 Å². The molecule has 0 bridgehead atoms. The van der Waals surface area contributed by atoms with Crippen LogP contribution < -0.4 is 5.32 Å². The Morgan fingerprint density at radius 2 is 2.06 bits per heavy atom. The van der Waals surface area contributed by atoms with Crippen LogP contribution in [0.4, 0.5) is 0 Å². The van der Waals surface area contributed by atoms with Gasteiger partial charge in [-0.15, -0.1) is 5.10 Å². The summed E-state index contributed by atoms with van der Waals surface area (Å²) in [5.74, 6) is 0.305. The van der Waals surface area contributed by atoms with Crippen molar-refractivity contribution in [2.75, 3.05) is 6.54 Å². The molecule has 90 valence electrons. The van der Waals surface area contributed by atoms with Crippen molar-refractivity contribution in [1.82, 2.24) is 20.3 Å². The average Bonchev–Trinajstić information content (AvgIpc) is 2.84. The molecule has 0 aliphatic heterocycles. The van der Waals surface area contributed by atoms with Gasteiger partial charge in [-0.3, -0.25) is 4.68 Å². The fourth-order valence-corrected chi connectivity index (χ4v) is 1.56. The van der Waals surface area contributed by atoms with Crippen LogP contribution in [0.25, 0.3) is 0 Å². The molecule has 0 radical (unpaired) electrons. The van der Waals surface area contributed by atoms with Gasteiger partial charge in [-0.25, -0.2) is 0 Å². The van der Waals surface area contributed by atoms with Gasteiger partial charge in [0.25, 0.3) is 0 Å². The Morgan fingerprint density at radius 1 is 1.24 bits per heavy atom. The van der Waals surface area contributed by atoms with Gasteiger partial charge in [0, 0.05) is 19.3 Å². The van der Waals surface area contributed by atoms with Gasteiger partial charge < -0.3 is 10.4 Å². The summed E-state index contributed by atoms with van der Waals surface area (Å²) in [4.78, 5) is 0. The van der Waals surface area contributed by atoms with E-state index in [1.807, 2.05) is 23.0 Å². The zero-order valence-corrected chi connectivity index (χ0v) is 9.58. The van der Waals surface area contributed by atoms with Crippen molar-refractivity contribution in [2.24, 2.45) is 0 Å². The molecule has 0 aliphatic carbocycles. The second-order valence-electron chi connectivity index (χ2n) is 3.86. The molecule has 0 spiro atoms. The van der Waals surface area contributed by atoms with Gasteiger partial charge in [0.15, 0.2) is 0 Å². The SMILES string of the molecule is Oc1ccc(CNCCCn2ccnn2)cc1. The van der Waals surface area contributed by atoms with Crippen molar-refractivity contribution >= 4 is 0 Å². The number of benzene rings is 1. The van der Waals surface area contributed by atoms with Gasteiger partial charge in [0.1, 0.15) is 5.75 Å². The Labute approximate surface area is 100 Å². The lowest BCUT2D eigenvalue weighted by atomic mass is 10.2. The first-order valence-corrected chi connectivity index (χ1v) is 5.67. The number of aromatic hydroxyl groups is 1. The highest BCUT2D eigenvalue weighted by atomic mass is 16.3. The minimum absolute atomic E-state index is 0.305. The van der Waals surface area contributed by atoms with Crippen molar-refractivity contribution in [3.8, 4) is 5.75 Å². The van der Waals surface area contributed by atoms with Gasteiger partial charge in [0.05, 0.1) is 6.20 Å². The van der Waals surface area contributed by atoms with E-state index in [0.29, 0.717) is 5.75 Å². The van der Waals surface area contributed by atoms with Crippen molar-refractivity contribution in [3.63, 3.8) is 0 Å². The van der Waals surface area contributed by atoms with Crippen LogP contribution in [-0.2, 0) is 13.1 Å². The molecule has 17 heavy (non-hydrogen) atoms. The molecular formula is C12H16N4O. The Bertz CT molecular complexity index is 424. The van der Waals surface area contributed by atoms with E-state index in [9.17, 15) is 0 Å². The Hall–Kier alpha value is -1.88. The second-order valence-corrected chi connectivity index (χ2v) is 3.86. The van der Waals surface area contributed by atoms with Crippen LogP contribution in [0.2, 0.25) is 0 Å². The number of rotatable bonds is 6. The highest BCUT2D eigenvalue weighted by Crippen LogP contribution is 2.08. The predicted octanol–water partition coefficient (Wildman–Crippen LogP) is 1.16. The Kier molecular flexibility index (Phi) is 4.10. The molecule has 0 fully saturated rings. The molecule has 2 N–H and O–H groups in total. The van der Waals surface area contributed by atoms with E-state index >= 15 is 0 Å². The van der Waals surface area contributed by atoms with Crippen molar-refractivity contribution in [1.29, 1.82) is 0 Å². The van der Waals surface area contributed by atoms with Gasteiger partial charge in [-0.1, -0.05) is 17.3 Å². The Morgan fingerprint density at radius 3 is 2.76 bits per heavy atom. The maximum Gasteiger partial charge on any atom is 0.115 e. The van der Waals surface area contributed by atoms with E-state index in [-0.39, 0.29) is 0 Å². The third kappa shape index (κ3) is 3.88. The molecule has 0 amide bonds. The van der Waals surface area contributed by atoms with Gasteiger partial charge in [0.2, 0.25) is 0 Å². The summed E-state index contributed by atoms with van der Waals surface area (Å²) in [5, 5.41) is 20.1. The number of phenolic OH excluding ortho intramolecular Hbond substituents is 1. The second kappa shape index (κ2) is 6.00. The van der Waals surface area contributed by atoms with Crippen molar-refractivity contribution < 1.29 is 5.11 Å². The lowest BCUT2D eigenvalue weighted by Crippen LogP contribution is -2.16. The first-order chi connectivity index (χ1) is 8.34. The summed E-state index contributed by atoms with van der Waals surface area (Å²) in [7, 11) is 0. The largest absolute Gasteiger partial charge is 0.508 e. The molecule has 1 heterocycles. The number of aromatic nitrogens is 3. The number of hydrogen-bond donors (Lipinski definition) is 2. The first-order valence-electron chi connectivity index (χ1n) is 5.67. The Balaban J connectivity index is 1.61. The molecular weight excluding hydrogens is 216 g/mol. The number of phenols is 1. The van der Waals surface area contributed by atoms with E-state index < -0.39 is 0 Å². The number of nitrogens with one attached hydrogen (secondary N) is 1. The van der Waals surface area contributed by atoms with Crippen molar-refractivity contribution in [2.45, 2.75) is 19.5 Å². The maximum absolute atomic E-state index is 9.14. The highest BCUT2D eigenvalue weighted by molar-refractivity contribution is 5.25. The number of aryl methyl sites for hydroxylation is 1. The summed E-state index contributed by atoms with van der Waals surface area (Å²) in [6.07, 6.45) is 4.56. The standard InChI is InChI=1S/C12H16N4O/c17-12-4-2-11(3-5-12)10-13-6-1-8-16-9-7-14-15-16/h2-5,7,9,13,17H,1,6,8,10H2. The van der Waals surface area contributed by atoms with E-state index in [4.69, 9.17) is 5.11 Å². The van der Waals surface area contributed by atoms with Crippen LogP contribution in [0.5, 0.6) is 5.75 Å². The van der Waals surface area contributed by atoms with Gasteiger partial charge in [-0.2, -0.15) is 0 Å². The lowest BCUT2D eigenvalue weighted by molar-refractivity contribution is 0.475. The van der Waals surface area contributed by atoms with Gasteiger partial charge in [-0.05, 0) is 30.7 Å². The van der Waals surface area contributed by atoms with Crippen LogP contribution in [0.15, 0.2) is 36.7 Å². The molecule has 5 heteroatoms. The fourth-order valence-electron chi connectivity index (χ4n) is 1.56. The molecule has 1 aromatic carbocycles. The minimum atomic E-state index is 0.305. The molecule has 0 aliphatic rings. The molecule has 5 nitrogen and oxygen atoms in total. The summed E-state index contributed by atoms with van der Waals surface area (Å²) in [6, 6.07) is 7.23. The van der Waals surface area contributed by atoms with Crippen LogP contribution >= 0.6 is 0 Å². The van der Waals surface area contributed by atoms with Crippen LogP contribution in [0.1, 0.15) is 12.0 Å². The summed E-state index contributed by atoms with van der Waals surface area (Å²) in [6.45, 7) is 2.63. The topological polar surface area (TPSA) is 63.0 Å². The molecule has 0 saturated heterocycles. The summed E-state index contributed by atoms with van der Waals surface area (Å²) in [5.41, 5.74) is 1.17. The molecule has 1 aromatic heterocycles. The monoisotopic (exact) mass is 232 g/mol. The molecule has 0 unspecified atom stereocenters. The van der Waals surface area contributed by atoms with E-state index in [1.54, 1.807) is 18.3 Å². The molecule has 0 saturated carbocycles. The van der Waals surface area contributed by atoms with Crippen LogP contribution in [-0.4, -0.2) is 26.6 Å². The average molecular weight is 232 g/mol. The van der Waals surface area contributed by atoms with Crippen LogP contribution in [0, 0.1) is 0 Å². The third-order valence-corrected chi connectivity index (χ3v) is 2.48. The highest BCUT2D eigenvalue weighted by Gasteiger charge is 1.94. The zero-order valence-electron chi connectivity index (χ0n) is 9.58. The third-order valence-electron chi connectivity index (χ3n) is 2.48. The zero-order chi connectivity index (χ0) is 11.9. The minimum Gasteiger partial charge on any atom is -0.508 e. The lowest BCUT2D eigenvalue weighted by Gasteiger charge is -2.05. The quantitative estimate of drug-likeness (QED) is 0.734. The van der Waals surface area contributed by atoms with Crippen molar-refractivity contribution in [3.05, 3.63) is 42.2 Å². The normalized spacial score (nSPS) is 10.6. The summed E-state index contributed by atoms with van der Waals surface area (Å²) < 4.78 is 1.82.